The minimum Gasteiger partial charge on any atom is -0.399 e. The predicted octanol–water partition coefficient (Wildman–Crippen LogP) is 0.663. The van der Waals surface area contributed by atoms with Crippen molar-refractivity contribution >= 4 is 32.3 Å². The van der Waals surface area contributed by atoms with E-state index in [0.29, 0.717) is 17.8 Å². The van der Waals surface area contributed by atoms with Gasteiger partial charge >= 0.3 is 0 Å². The number of carbonyl (C=O) groups excluding carboxylic acids is 1. The third-order valence-electron chi connectivity index (χ3n) is 3.71. The van der Waals surface area contributed by atoms with Crippen LogP contribution < -0.4 is 11.1 Å². The van der Waals surface area contributed by atoms with Crippen LogP contribution in [0.15, 0.2) is 30.3 Å². The van der Waals surface area contributed by atoms with Crippen molar-refractivity contribution in [3.63, 3.8) is 0 Å². The number of nitrogens with two attached hydrogens (primary N) is 1. The van der Waals surface area contributed by atoms with E-state index < -0.39 is 9.84 Å². The number of aromatic nitrogens is 1. The van der Waals surface area contributed by atoms with Gasteiger partial charge in [-0.3, -0.25) is 9.78 Å². The van der Waals surface area contributed by atoms with Crippen LogP contribution in [0.2, 0.25) is 0 Å². The van der Waals surface area contributed by atoms with Gasteiger partial charge in [0.05, 0.1) is 29.1 Å². The number of amides is 1. The number of fused-ring (bicyclic) bond motifs is 1. The molecule has 0 bridgehead atoms. The predicted molar refractivity (Wildman–Crippen MR) is 85.1 cm³/mol. The Morgan fingerprint density at radius 3 is 2.86 bits per heavy atom. The summed E-state index contributed by atoms with van der Waals surface area (Å²) in [5.41, 5.74) is 7.81. The van der Waals surface area contributed by atoms with Crippen LogP contribution in [0.5, 0.6) is 0 Å². The number of carbonyl (C=O) groups is 1. The molecule has 1 aromatic heterocycles. The van der Waals surface area contributed by atoms with Crippen LogP contribution in [0, 0.1) is 0 Å². The molecule has 0 saturated carbocycles. The van der Waals surface area contributed by atoms with Crippen LogP contribution in [-0.4, -0.2) is 36.9 Å². The van der Waals surface area contributed by atoms with Crippen LogP contribution in [0.4, 0.5) is 5.69 Å². The fraction of sp³-hybridized carbons (Fsp3) is 0.333. The van der Waals surface area contributed by atoms with Gasteiger partial charge in [-0.1, -0.05) is 6.07 Å². The van der Waals surface area contributed by atoms with E-state index in [1.807, 2.05) is 18.2 Å². The number of benzene rings is 1. The molecule has 0 aliphatic carbocycles. The Balaban J connectivity index is 1.68. The van der Waals surface area contributed by atoms with E-state index in [0.717, 1.165) is 10.9 Å². The van der Waals surface area contributed by atoms with Crippen LogP contribution in [0.1, 0.15) is 12.1 Å². The monoisotopic (exact) mass is 319 g/mol. The van der Waals surface area contributed by atoms with Crippen LogP contribution in [0.3, 0.4) is 0 Å². The van der Waals surface area contributed by atoms with Crippen molar-refractivity contribution < 1.29 is 13.2 Å². The first kappa shape index (κ1) is 14.8. The normalized spacial score (nSPS) is 20.1. The molecule has 0 radical (unpaired) electrons. The van der Waals surface area contributed by atoms with Gasteiger partial charge in [-0.2, -0.15) is 0 Å². The van der Waals surface area contributed by atoms with Crippen LogP contribution in [-0.2, 0) is 21.1 Å². The highest BCUT2D eigenvalue weighted by molar-refractivity contribution is 7.91. The van der Waals surface area contributed by atoms with E-state index in [1.54, 1.807) is 12.1 Å². The molecule has 1 unspecified atom stereocenters. The number of pyridine rings is 1. The van der Waals surface area contributed by atoms with Gasteiger partial charge in [0.2, 0.25) is 5.91 Å². The molecule has 6 nitrogen and oxygen atoms in total. The summed E-state index contributed by atoms with van der Waals surface area (Å²) >= 11 is 0. The molecule has 2 aromatic rings. The molecule has 3 N–H and O–H groups in total. The second-order valence-electron chi connectivity index (χ2n) is 5.60. The van der Waals surface area contributed by atoms with Crippen LogP contribution in [0.25, 0.3) is 10.9 Å². The van der Waals surface area contributed by atoms with E-state index in [9.17, 15) is 13.2 Å². The molecule has 22 heavy (non-hydrogen) atoms. The number of sulfone groups is 1. The maximum absolute atomic E-state index is 12.0. The molecule has 1 saturated heterocycles. The van der Waals surface area contributed by atoms with Gasteiger partial charge in [-0.15, -0.1) is 0 Å². The summed E-state index contributed by atoms with van der Waals surface area (Å²) in [6, 6.07) is 8.79. The minimum atomic E-state index is -2.99. The van der Waals surface area contributed by atoms with E-state index in [2.05, 4.69) is 10.3 Å². The van der Waals surface area contributed by atoms with Crippen molar-refractivity contribution in [2.45, 2.75) is 18.9 Å². The average Bonchev–Trinajstić information content (AvgIpc) is 2.78. The highest BCUT2D eigenvalue weighted by atomic mass is 32.2. The van der Waals surface area contributed by atoms with E-state index in [4.69, 9.17) is 5.73 Å². The highest BCUT2D eigenvalue weighted by Gasteiger charge is 2.28. The fourth-order valence-electron chi connectivity index (χ4n) is 2.64. The average molecular weight is 319 g/mol. The second kappa shape index (κ2) is 5.57. The molecule has 7 heteroatoms. The van der Waals surface area contributed by atoms with Gasteiger partial charge in [0.15, 0.2) is 9.84 Å². The fourth-order valence-corrected chi connectivity index (χ4v) is 4.31. The molecule has 1 atom stereocenters. The van der Waals surface area contributed by atoms with Gasteiger partial charge in [0.1, 0.15) is 0 Å². The van der Waals surface area contributed by atoms with Crippen molar-refractivity contribution in [3.8, 4) is 0 Å². The first-order valence-electron chi connectivity index (χ1n) is 7.06. The molecule has 1 fully saturated rings. The number of nitrogens with zero attached hydrogens (tertiary/aromatic N) is 1. The van der Waals surface area contributed by atoms with Crippen molar-refractivity contribution in [2.75, 3.05) is 17.2 Å². The summed E-state index contributed by atoms with van der Waals surface area (Å²) in [5.74, 6) is -0.0269. The van der Waals surface area contributed by atoms with E-state index >= 15 is 0 Å². The zero-order valence-corrected chi connectivity index (χ0v) is 12.8. The zero-order valence-electron chi connectivity index (χ0n) is 12.0. The van der Waals surface area contributed by atoms with Gasteiger partial charge in [0, 0.05) is 17.1 Å². The van der Waals surface area contributed by atoms with Crippen LogP contribution >= 0.6 is 0 Å². The zero-order chi connectivity index (χ0) is 15.7. The van der Waals surface area contributed by atoms with Gasteiger partial charge in [-0.25, -0.2) is 8.42 Å². The van der Waals surface area contributed by atoms with E-state index in [1.165, 1.54) is 0 Å². The van der Waals surface area contributed by atoms with Gasteiger partial charge in [0.25, 0.3) is 0 Å². The molecule has 1 amide bonds. The highest BCUT2D eigenvalue weighted by Crippen LogP contribution is 2.16. The van der Waals surface area contributed by atoms with Crippen molar-refractivity contribution in [1.82, 2.24) is 10.3 Å². The van der Waals surface area contributed by atoms with Crippen molar-refractivity contribution in [2.24, 2.45) is 0 Å². The third kappa shape index (κ3) is 3.36. The maximum Gasteiger partial charge on any atom is 0.226 e. The Morgan fingerprint density at radius 2 is 2.14 bits per heavy atom. The number of nitrogens with one attached hydrogen (secondary N) is 1. The number of hydrogen-bond donors (Lipinski definition) is 2. The van der Waals surface area contributed by atoms with Crippen molar-refractivity contribution in [3.05, 3.63) is 36.0 Å². The minimum absolute atomic E-state index is 0.0309. The standard InChI is InChI=1S/C15H17N3O3S/c16-11-2-4-14-10(7-11)1-3-12(17-14)8-15(19)18-13-5-6-22(20,21)9-13/h1-4,7,13H,5-6,8-9,16H2,(H,18,19). The largest absolute Gasteiger partial charge is 0.399 e. The SMILES string of the molecule is Nc1ccc2nc(CC(=O)NC3CCS(=O)(=O)C3)ccc2c1. The van der Waals surface area contributed by atoms with E-state index in [-0.39, 0.29) is 29.9 Å². The maximum atomic E-state index is 12.0. The molecule has 1 aliphatic heterocycles. The number of hydrogen-bond acceptors (Lipinski definition) is 5. The van der Waals surface area contributed by atoms with Gasteiger partial charge < -0.3 is 11.1 Å². The summed E-state index contributed by atoms with van der Waals surface area (Å²) in [6.07, 6.45) is 0.620. The number of rotatable bonds is 3. The Morgan fingerprint density at radius 1 is 1.32 bits per heavy atom. The summed E-state index contributed by atoms with van der Waals surface area (Å²) in [4.78, 5) is 16.4. The summed E-state index contributed by atoms with van der Waals surface area (Å²) in [5, 5.41) is 3.68. The smallest absolute Gasteiger partial charge is 0.226 e. The first-order valence-corrected chi connectivity index (χ1v) is 8.88. The first-order chi connectivity index (χ1) is 10.4. The molecule has 116 valence electrons. The Hall–Kier alpha value is -2.15. The van der Waals surface area contributed by atoms with Crippen molar-refractivity contribution in [1.29, 1.82) is 0 Å². The number of nitrogen functional groups attached to an aromatic ring is 1. The molecule has 1 aliphatic rings. The lowest BCUT2D eigenvalue weighted by Gasteiger charge is -2.10. The summed E-state index contributed by atoms with van der Waals surface area (Å²) in [6.45, 7) is 0. The summed E-state index contributed by atoms with van der Waals surface area (Å²) in [7, 11) is -2.99. The molecule has 3 rings (SSSR count). The lowest BCUT2D eigenvalue weighted by atomic mass is 10.1. The lowest BCUT2D eigenvalue weighted by Crippen LogP contribution is -2.36. The molecular formula is C15H17N3O3S. The third-order valence-corrected chi connectivity index (χ3v) is 5.48. The molecule has 2 heterocycles. The molecule has 1 aromatic carbocycles. The number of anilines is 1. The lowest BCUT2D eigenvalue weighted by molar-refractivity contribution is -0.121. The molecule has 0 spiro atoms. The second-order valence-corrected chi connectivity index (χ2v) is 7.83. The molecular weight excluding hydrogens is 302 g/mol. The van der Waals surface area contributed by atoms with Gasteiger partial charge in [-0.05, 0) is 30.7 Å². The Labute approximate surface area is 128 Å². The Kier molecular flexibility index (Phi) is 3.74. The topological polar surface area (TPSA) is 102 Å². The quantitative estimate of drug-likeness (QED) is 0.809. The Bertz CT molecular complexity index is 833. The summed E-state index contributed by atoms with van der Waals surface area (Å²) < 4.78 is 22.8.